The third kappa shape index (κ3) is 4.55. The quantitative estimate of drug-likeness (QED) is 0.848. The maximum Gasteiger partial charge on any atom is 0.0449 e. The standard InChI is InChI=1S/C19H32N2/c1-5-6-17-9-11-21(12-10-17)14-19(20-4)18-8-7-15(2)13-16(18)3/h7-8,13,17,19-20H,5-6,9-12,14H2,1-4H3. The smallest absolute Gasteiger partial charge is 0.0449 e. The SMILES string of the molecule is CCCC1CCN(CC(NC)c2ccc(C)cc2C)CC1. The molecule has 1 N–H and O–H groups in total. The lowest BCUT2D eigenvalue weighted by molar-refractivity contribution is 0.165. The van der Waals surface area contributed by atoms with E-state index >= 15 is 0 Å². The highest BCUT2D eigenvalue weighted by Crippen LogP contribution is 2.25. The second kappa shape index (κ2) is 7.95. The molecule has 2 rings (SSSR count). The van der Waals surface area contributed by atoms with Crippen LogP contribution in [0.5, 0.6) is 0 Å². The minimum Gasteiger partial charge on any atom is -0.312 e. The van der Waals surface area contributed by atoms with Gasteiger partial charge in [-0.15, -0.1) is 0 Å². The van der Waals surface area contributed by atoms with Crippen molar-refractivity contribution in [2.75, 3.05) is 26.7 Å². The molecule has 1 aliphatic rings. The number of benzene rings is 1. The average Bonchev–Trinajstić information content (AvgIpc) is 2.47. The van der Waals surface area contributed by atoms with Crippen molar-refractivity contribution in [2.24, 2.45) is 5.92 Å². The molecule has 1 atom stereocenters. The third-order valence-corrected chi connectivity index (χ3v) is 4.99. The highest BCUT2D eigenvalue weighted by molar-refractivity contribution is 5.33. The van der Waals surface area contributed by atoms with Crippen molar-refractivity contribution < 1.29 is 0 Å². The van der Waals surface area contributed by atoms with E-state index in [4.69, 9.17) is 0 Å². The number of hydrogen-bond acceptors (Lipinski definition) is 2. The van der Waals surface area contributed by atoms with Gasteiger partial charge in [0.05, 0.1) is 0 Å². The lowest BCUT2D eigenvalue weighted by Gasteiger charge is -2.34. The fourth-order valence-corrected chi connectivity index (χ4v) is 3.69. The minimum absolute atomic E-state index is 0.452. The number of likely N-dealkylation sites (N-methyl/N-ethyl adjacent to an activating group) is 1. The molecule has 2 heteroatoms. The zero-order chi connectivity index (χ0) is 15.2. The number of hydrogen-bond donors (Lipinski definition) is 1. The molecule has 0 aliphatic carbocycles. The molecule has 1 unspecified atom stereocenters. The number of piperidine rings is 1. The molecule has 0 spiro atoms. The lowest BCUT2D eigenvalue weighted by atomic mass is 9.91. The molecule has 2 nitrogen and oxygen atoms in total. The lowest BCUT2D eigenvalue weighted by Crippen LogP contribution is -2.39. The van der Waals surface area contributed by atoms with Gasteiger partial charge in [-0.25, -0.2) is 0 Å². The molecule has 0 amide bonds. The molecule has 0 aromatic heterocycles. The summed E-state index contributed by atoms with van der Waals surface area (Å²) in [6.45, 7) is 10.4. The summed E-state index contributed by atoms with van der Waals surface area (Å²) in [5.74, 6) is 0.973. The number of nitrogens with zero attached hydrogens (tertiary/aromatic N) is 1. The first kappa shape index (κ1) is 16.5. The van der Waals surface area contributed by atoms with Crippen LogP contribution < -0.4 is 5.32 Å². The maximum atomic E-state index is 3.52. The van der Waals surface area contributed by atoms with E-state index in [1.807, 2.05) is 0 Å². The van der Waals surface area contributed by atoms with E-state index in [1.54, 1.807) is 0 Å². The van der Waals surface area contributed by atoms with Crippen molar-refractivity contribution in [1.29, 1.82) is 0 Å². The van der Waals surface area contributed by atoms with Crippen molar-refractivity contribution in [3.8, 4) is 0 Å². The van der Waals surface area contributed by atoms with Crippen molar-refractivity contribution in [2.45, 2.75) is 52.5 Å². The highest BCUT2D eigenvalue weighted by Gasteiger charge is 2.22. The van der Waals surface area contributed by atoms with E-state index in [0.717, 1.165) is 12.5 Å². The molecule has 0 bridgehead atoms. The van der Waals surface area contributed by atoms with Crippen LogP contribution >= 0.6 is 0 Å². The van der Waals surface area contributed by atoms with Gasteiger partial charge in [0, 0.05) is 12.6 Å². The van der Waals surface area contributed by atoms with Gasteiger partial charge in [0.1, 0.15) is 0 Å². The Labute approximate surface area is 130 Å². The molecule has 21 heavy (non-hydrogen) atoms. The van der Waals surface area contributed by atoms with Crippen LogP contribution in [0.25, 0.3) is 0 Å². The fraction of sp³-hybridized carbons (Fsp3) is 0.684. The van der Waals surface area contributed by atoms with Gasteiger partial charge in [-0.05, 0) is 63.9 Å². The normalized spacial score (nSPS) is 18.9. The van der Waals surface area contributed by atoms with Crippen LogP contribution in [0.1, 0.15) is 55.3 Å². The molecular weight excluding hydrogens is 256 g/mol. The van der Waals surface area contributed by atoms with Crippen molar-refractivity contribution >= 4 is 0 Å². The predicted octanol–water partition coefficient (Wildman–Crippen LogP) is 4.08. The molecule has 1 heterocycles. The Morgan fingerprint density at radius 2 is 1.95 bits per heavy atom. The van der Waals surface area contributed by atoms with Crippen LogP contribution in [-0.4, -0.2) is 31.6 Å². The van der Waals surface area contributed by atoms with E-state index in [-0.39, 0.29) is 0 Å². The summed E-state index contributed by atoms with van der Waals surface area (Å²) in [5, 5.41) is 3.52. The van der Waals surface area contributed by atoms with Gasteiger partial charge in [-0.3, -0.25) is 0 Å². The minimum atomic E-state index is 0.452. The first-order valence-corrected chi connectivity index (χ1v) is 8.60. The molecular formula is C19H32N2. The first-order chi connectivity index (χ1) is 10.1. The van der Waals surface area contributed by atoms with E-state index < -0.39 is 0 Å². The summed E-state index contributed by atoms with van der Waals surface area (Å²) in [6, 6.07) is 7.29. The maximum absolute atomic E-state index is 3.52. The Hall–Kier alpha value is -0.860. The van der Waals surface area contributed by atoms with Gasteiger partial charge in [-0.1, -0.05) is 43.5 Å². The Balaban J connectivity index is 1.94. The van der Waals surface area contributed by atoms with Crippen LogP contribution in [0.3, 0.4) is 0 Å². The summed E-state index contributed by atoms with van der Waals surface area (Å²) in [7, 11) is 2.09. The van der Waals surface area contributed by atoms with E-state index in [2.05, 4.69) is 56.2 Å². The molecule has 1 fully saturated rings. The monoisotopic (exact) mass is 288 g/mol. The summed E-state index contributed by atoms with van der Waals surface area (Å²) >= 11 is 0. The fourth-order valence-electron chi connectivity index (χ4n) is 3.69. The Kier molecular flexibility index (Phi) is 6.25. The third-order valence-electron chi connectivity index (χ3n) is 4.99. The molecule has 0 radical (unpaired) electrons. The Morgan fingerprint density at radius 3 is 2.52 bits per heavy atom. The van der Waals surface area contributed by atoms with Crippen LogP contribution in [-0.2, 0) is 0 Å². The second-order valence-corrected chi connectivity index (χ2v) is 6.73. The van der Waals surface area contributed by atoms with Crippen molar-refractivity contribution in [3.05, 3.63) is 34.9 Å². The molecule has 0 saturated carbocycles. The van der Waals surface area contributed by atoms with E-state index in [0.29, 0.717) is 6.04 Å². The average molecular weight is 288 g/mol. The van der Waals surface area contributed by atoms with Crippen LogP contribution in [0.2, 0.25) is 0 Å². The van der Waals surface area contributed by atoms with Gasteiger partial charge >= 0.3 is 0 Å². The summed E-state index contributed by atoms with van der Waals surface area (Å²) in [6.07, 6.45) is 5.53. The number of likely N-dealkylation sites (tertiary alicyclic amines) is 1. The van der Waals surface area contributed by atoms with Crippen LogP contribution in [0, 0.1) is 19.8 Å². The predicted molar refractivity (Wildman–Crippen MR) is 91.8 cm³/mol. The van der Waals surface area contributed by atoms with Crippen LogP contribution in [0.15, 0.2) is 18.2 Å². The van der Waals surface area contributed by atoms with Gasteiger partial charge in [0.25, 0.3) is 0 Å². The number of aryl methyl sites for hydroxylation is 2. The van der Waals surface area contributed by atoms with E-state index in [9.17, 15) is 0 Å². The highest BCUT2D eigenvalue weighted by atomic mass is 15.1. The molecule has 118 valence electrons. The second-order valence-electron chi connectivity index (χ2n) is 6.73. The van der Waals surface area contributed by atoms with Gasteiger partial charge < -0.3 is 10.2 Å². The van der Waals surface area contributed by atoms with Crippen LogP contribution in [0.4, 0.5) is 0 Å². The van der Waals surface area contributed by atoms with Crippen molar-refractivity contribution in [3.63, 3.8) is 0 Å². The number of nitrogens with one attached hydrogen (secondary N) is 1. The Morgan fingerprint density at radius 1 is 1.24 bits per heavy atom. The van der Waals surface area contributed by atoms with Gasteiger partial charge in [-0.2, -0.15) is 0 Å². The Bertz CT molecular complexity index is 433. The zero-order valence-electron chi connectivity index (χ0n) is 14.3. The zero-order valence-corrected chi connectivity index (χ0v) is 14.3. The summed E-state index contributed by atoms with van der Waals surface area (Å²) in [4.78, 5) is 2.65. The topological polar surface area (TPSA) is 15.3 Å². The summed E-state index contributed by atoms with van der Waals surface area (Å²) < 4.78 is 0. The number of rotatable bonds is 6. The molecule has 1 aliphatic heterocycles. The molecule has 1 saturated heterocycles. The van der Waals surface area contributed by atoms with E-state index in [1.165, 1.54) is 55.5 Å². The van der Waals surface area contributed by atoms with Gasteiger partial charge in [0.15, 0.2) is 0 Å². The first-order valence-electron chi connectivity index (χ1n) is 8.60. The largest absolute Gasteiger partial charge is 0.312 e. The molecule has 1 aromatic carbocycles. The molecule has 1 aromatic rings. The van der Waals surface area contributed by atoms with Crippen molar-refractivity contribution in [1.82, 2.24) is 10.2 Å². The van der Waals surface area contributed by atoms with Gasteiger partial charge in [0.2, 0.25) is 0 Å². The summed E-state index contributed by atoms with van der Waals surface area (Å²) in [5.41, 5.74) is 4.22.